The summed E-state index contributed by atoms with van der Waals surface area (Å²) in [6.07, 6.45) is 0. The van der Waals surface area contributed by atoms with E-state index in [0.717, 1.165) is 12.1 Å². The summed E-state index contributed by atoms with van der Waals surface area (Å²) in [5.74, 6) is 0. The molecular weight excluding hydrogens is 290 g/mol. The van der Waals surface area contributed by atoms with Gasteiger partial charge < -0.3 is 0 Å². The van der Waals surface area contributed by atoms with E-state index in [2.05, 4.69) is 0 Å². The third kappa shape index (κ3) is 3.43. The SMILES string of the molecule is O=[N+]([O-])c1c(Cl)cc(Cl)cc1SC(F)(F)F. The van der Waals surface area contributed by atoms with Crippen LogP contribution in [0.3, 0.4) is 0 Å². The van der Waals surface area contributed by atoms with E-state index in [1.165, 1.54) is 0 Å². The molecule has 0 aliphatic carbocycles. The summed E-state index contributed by atoms with van der Waals surface area (Å²) in [7, 11) is 0. The molecule has 0 N–H and O–H groups in total. The number of halogens is 5. The molecule has 3 nitrogen and oxygen atoms in total. The minimum atomic E-state index is -4.64. The van der Waals surface area contributed by atoms with Crippen molar-refractivity contribution < 1.29 is 18.1 Å². The number of nitro groups is 1. The van der Waals surface area contributed by atoms with E-state index in [1.807, 2.05) is 0 Å². The zero-order chi connectivity index (χ0) is 12.5. The van der Waals surface area contributed by atoms with Crippen LogP contribution in [0.4, 0.5) is 18.9 Å². The molecule has 16 heavy (non-hydrogen) atoms. The molecule has 88 valence electrons. The van der Waals surface area contributed by atoms with E-state index < -0.39 is 37.8 Å². The van der Waals surface area contributed by atoms with E-state index in [9.17, 15) is 23.3 Å². The first-order chi connectivity index (χ1) is 7.20. The van der Waals surface area contributed by atoms with Gasteiger partial charge in [-0.2, -0.15) is 13.2 Å². The maximum Gasteiger partial charge on any atom is 0.446 e. The van der Waals surface area contributed by atoms with Gasteiger partial charge in [-0.15, -0.1) is 0 Å². The molecule has 1 rings (SSSR count). The lowest BCUT2D eigenvalue weighted by Gasteiger charge is -2.07. The van der Waals surface area contributed by atoms with Gasteiger partial charge in [0.1, 0.15) is 5.02 Å². The van der Waals surface area contributed by atoms with Crippen molar-refractivity contribution in [2.24, 2.45) is 0 Å². The number of nitrogens with zero attached hydrogens (tertiary/aromatic N) is 1. The highest BCUT2D eigenvalue weighted by Gasteiger charge is 2.34. The third-order valence-electron chi connectivity index (χ3n) is 1.40. The number of alkyl halides is 3. The fourth-order valence-electron chi connectivity index (χ4n) is 0.922. The van der Waals surface area contributed by atoms with Crippen molar-refractivity contribution in [1.82, 2.24) is 0 Å². The van der Waals surface area contributed by atoms with Crippen LogP contribution in [0, 0.1) is 10.1 Å². The Morgan fingerprint density at radius 3 is 2.31 bits per heavy atom. The lowest BCUT2D eigenvalue weighted by atomic mass is 10.3. The smallest absolute Gasteiger partial charge is 0.258 e. The first-order valence-electron chi connectivity index (χ1n) is 3.60. The molecule has 0 spiro atoms. The number of hydrogen-bond acceptors (Lipinski definition) is 3. The van der Waals surface area contributed by atoms with Crippen LogP contribution < -0.4 is 0 Å². The Balaban J connectivity index is 3.30. The second-order valence-electron chi connectivity index (χ2n) is 2.54. The van der Waals surface area contributed by atoms with Gasteiger partial charge in [-0.25, -0.2) is 0 Å². The lowest BCUT2D eigenvalue weighted by molar-refractivity contribution is -0.387. The Bertz CT molecular complexity index is 438. The fourth-order valence-corrected chi connectivity index (χ4v) is 2.32. The summed E-state index contributed by atoms with van der Waals surface area (Å²) in [5, 5.41) is 10.0. The van der Waals surface area contributed by atoms with E-state index in [1.54, 1.807) is 0 Å². The molecule has 0 fully saturated rings. The molecule has 9 heteroatoms. The van der Waals surface area contributed by atoms with Crippen LogP contribution in [0.5, 0.6) is 0 Å². The van der Waals surface area contributed by atoms with E-state index in [4.69, 9.17) is 23.2 Å². The minimum absolute atomic E-state index is 0.0950. The highest BCUT2D eigenvalue weighted by molar-refractivity contribution is 8.00. The Morgan fingerprint density at radius 1 is 1.31 bits per heavy atom. The summed E-state index contributed by atoms with van der Waals surface area (Å²) in [4.78, 5) is 8.93. The van der Waals surface area contributed by atoms with Gasteiger partial charge in [0.05, 0.1) is 9.82 Å². The first-order valence-corrected chi connectivity index (χ1v) is 5.17. The average Bonchev–Trinajstić information content (AvgIpc) is 1.96. The molecule has 1 aromatic rings. The van der Waals surface area contributed by atoms with Crippen molar-refractivity contribution >= 4 is 40.7 Å². The van der Waals surface area contributed by atoms with Crippen molar-refractivity contribution in [2.45, 2.75) is 10.4 Å². The van der Waals surface area contributed by atoms with Crippen molar-refractivity contribution in [3.8, 4) is 0 Å². The molecule has 0 amide bonds. The maximum atomic E-state index is 12.1. The standard InChI is InChI=1S/C7H2Cl2F3NO2S/c8-3-1-4(9)6(13(14)15)5(2-3)16-7(10,11)12/h1-2H. The van der Waals surface area contributed by atoms with Crippen LogP contribution in [-0.4, -0.2) is 10.4 Å². The normalized spacial score (nSPS) is 11.6. The van der Waals surface area contributed by atoms with Crippen LogP contribution in [0.2, 0.25) is 10.0 Å². The molecule has 0 bridgehead atoms. The van der Waals surface area contributed by atoms with E-state index in [-0.39, 0.29) is 5.02 Å². The Labute approximate surface area is 102 Å². The predicted octanol–water partition coefficient (Wildman–Crippen LogP) is 4.51. The van der Waals surface area contributed by atoms with Gasteiger partial charge in [0, 0.05) is 5.02 Å². The Morgan fingerprint density at radius 2 is 1.88 bits per heavy atom. The van der Waals surface area contributed by atoms with Crippen LogP contribution in [0.1, 0.15) is 0 Å². The number of benzene rings is 1. The summed E-state index contributed by atoms with van der Waals surface area (Å²) in [5.41, 5.74) is -5.44. The lowest BCUT2D eigenvalue weighted by Crippen LogP contribution is -2.01. The van der Waals surface area contributed by atoms with Crippen LogP contribution in [0.15, 0.2) is 17.0 Å². The molecule has 0 radical (unpaired) electrons. The van der Waals surface area contributed by atoms with Gasteiger partial charge in [0.15, 0.2) is 0 Å². The molecular formula is C7H2Cl2F3NO2S. The van der Waals surface area contributed by atoms with Crippen LogP contribution in [-0.2, 0) is 0 Å². The van der Waals surface area contributed by atoms with Crippen molar-refractivity contribution in [1.29, 1.82) is 0 Å². The molecule has 0 aliphatic heterocycles. The molecule has 0 aromatic heterocycles. The topological polar surface area (TPSA) is 43.1 Å². The number of hydrogen-bond donors (Lipinski definition) is 0. The summed E-state index contributed by atoms with van der Waals surface area (Å²) >= 11 is 10.3. The Hall–Kier alpha value is -0.660. The van der Waals surface area contributed by atoms with E-state index in [0.29, 0.717) is 0 Å². The molecule has 0 aliphatic rings. The second-order valence-corrected chi connectivity index (χ2v) is 4.49. The summed E-state index contributed by atoms with van der Waals surface area (Å²) < 4.78 is 36.3. The van der Waals surface area contributed by atoms with Gasteiger partial charge in [0.2, 0.25) is 0 Å². The van der Waals surface area contributed by atoms with Gasteiger partial charge in [-0.05, 0) is 23.9 Å². The second kappa shape index (κ2) is 4.68. The predicted molar refractivity (Wildman–Crippen MR) is 55.0 cm³/mol. The number of thioether (sulfide) groups is 1. The van der Waals surface area contributed by atoms with Crippen molar-refractivity contribution in [2.75, 3.05) is 0 Å². The first kappa shape index (κ1) is 13.4. The monoisotopic (exact) mass is 291 g/mol. The van der Waals surface area contributed by atoms with Crippen LogP contribution in [0.25, 0.3) is 0 Å². The zero-order valence-corrected chi connectivity index (χ0v) is 9.54. The van der Waals surface area contributed by atoms with Gasteiger partial charge in [-0.3, -0.25) is 10.1 Å². The largest absolute Gasteiger partial charge is 0.446 e. The highest BCUT2D eigenvalue weighted by Crippen LogP contribution is 2.45. The average molecular weight is 292 g/mol. The number of nitro benzene ring substituents is 1. The molecule has 0 unspecified atom stereocenters. The van der Waals surface area contributed by atoms with Gasteiger partial charge in [-0.1, -0.05) is 23.2 Å². The maximum absolute atomic E-state index is 12.1. The molecule has 0 atom stereocenters. The Kier molecular flexibility index (Phi) is 3.92. The molecule has 1 aromatic carbocycles. The van der Waals surface area contributed by atoms with Gasteiger partial charge in [0.25, 0.3) is 0 Å². The quantitative estimate of drug-likeness (QED) is 0.457. The zero-order valence-electron chi connectivity index (χ0n) is 7.22. The summed E-state index contributed by atoms with van der Waals surface area (Å²) in [6, 6.07) is 1.87. The van der Waals surface area contributed by atoms with Crippen molar-refractivity contribution in [3.05, 3.63) is 32.3 Å². The molecule has 0 saturated carbocycles. The fraction of sp³-hybridized carbons (Fsp3) is 0.143. The summed E-state index contributed by atoms with van der Waals surface area (Å²) in [6.45, 7) is 0. The highest BCUT2D eigenvalue weighted by atomic mass is 35.5. The third-order valence-corrected chi connectivity index (χ3v) is 2.67. The number of rotatable bonds is 2. The molecule has 0 heterocycles. The molecule has 0 saturated heterocycles. The van der Waals surface area contributed by atoms with E-state index >= 15 is 0 Å². The van der Waals surface area contributed by atoms with Gasteiger partial charge >= 0.3 is 11.2 Å². The van der Waals surface area contributed by atoms with Crippen LogP contribution >= 0.6 is 35.0 Å². The minimum Gasteiger partial charge on any atom is -0.258 e. The van der Waals surface area contributed by atoms with Crippen molar-refractivity contribution in [3.63, 3.8) is 0 Å².